The van der Waals surface area contributed by atoms with Gasteiger partial charge >= 0.3 is 0 Å². The molecule has 3 nitrogen and oxygen atoms in total. The first-order valence-electron chi connectivity index (χ1n) is 5.63. The Balaban J connectivity index is 2.29. The summed E-state index contributed by atoms with van der Waals surface area (Å²) in [5, 5.41) is 9.31. The molecule has 1 atom stereocenters. The second-order valence-corrected chi connectivity index (χ2v) is 4.02. The molecule has 1 fully saturated rings. The van der Waals surface area contributed by atoms with E-state index in [1.807, 2.05) is 24.3 Å². The van der Waals surface area contributed by atoms with E-state index in [9.17, 15) is 5.26 Å². The van der Waals surface area contributed by atoms with Gasteiger partial charge in [-0.2, -0.15) is 5.26 Å². The first kappa shape index (κ1) is 11.0. The van der Waals surface area contributed by atoms with Crippen molar-refractivity contribution in [1.82, 2.24) is 4.90 Å². The Labute approximate surface area is 96.2 Å². The largest absolute Gasteiger partial charge is 0.496 e. The van der Waals surface area contributed by atoms with Crippen LogP contribution in [0.25, 0.3) is 0 Å². The molecule has 1 heterocycles. The van der Waals surface area contributed by atoms with Gasteiger partial charge < -0.3 is 4.74 Å². The summed E-state index contributed by atoms with van der Waals surface area (Å²) in [5.41, 5.74) is 0.981. The topological polar surface area (TPSA) is 36.3 Å². The fourth-order valence-electron chi connectivity index (χ4n) is 2.24. The van der Waals surface area contributed by atoms with Crippen LogP contribution in [0.1, 0.15) is 24.4 Å². The number of hydrogen-bond donors (Lipinski definition) is 0. The van der Waals surface area contributed by atoms with Gasteiger partial charge in [0.15, 0.2) is 0 Å². The van der Waals surface area contributed by atoms with E-state index in [2.05, 4.69) is 11.0 Å². The summed E-state index contributed by atoms with van der Waals surface area (Å²) >= 11 is 0. The SMILES string of the molecule is COc1ccccc1C(C#N)N1CCCC1. The minimum Gasteiger partial charge on any atom is -0.496 e. The highest BCUT2D eigenvalue weighted by Crippen LogP contribution is 2.30. The van der Waals surface area contributed by atoms with Crippen molar-refractivity contribution in [2.75, 3.05) is 20.2 Å². The predicted molar refractivity (Wildman–Crippen MR) is 62.2 cm³/mol. The van der Waals surface area contributed by atoms with Gasteiger partial charge in [0, 0.05) is 5.56 Å². The Morgan fingerprint density at radius 2 is 2.00 bits per heavy atom. The molecule has 0 aromatic heterocycles. The number of methoxy groups -OCH3 is 1. The molecule has 1 aromatic carbocycles. The molecule has 0 amide bonds. The van der Waals surface area contributed by atoms with Crippen molar-refractivity contribution in [2.24, 2.45) is 0 Å². The molecule has 16 heavy (non-hydrogen) atoms. The average Bonchev–Trinajstić information content (AvgIpc) is 2.84. The molecule has 1 aliphatic heterocycles. The van der Waals surface area contributed by atoms with Gasteiger partial charge in [-0.25, -0.2) is 0 Å². The maximum atomic E-state index is 9.31. The lowest BCUT2D eigenvalue weighted by Gasteiger charge is -2.22. The summed E-state index contributed by atoms with van der Waals surface area (Å²) < 4.78 is 5.31. The van der Waals surface area contributed by atoms with E-state index in [4.69, 9.17) is 4.74 Å². The van der Waals surface area contributed by atoms with Crippen LogP contribution in [0.15, 0.2) is 24.3 Å². The second kappa shape index (κ2) is 5.00. The molecular formula is C13H16N2O. The molecule has 1 aromatic rings. The summed E-state index contributed by atoms with van der Waals surface area (Å²) in [6.45, 7) is 2.02. The second-order valence-electron chi connectivity index (χ2n) is 4.02. The van der Waals surface area contributed by atoms with Crippen LogP contribution in [0, 0.1) is 11.3 Å². The van der Waals surface area contributed by atoms with E-state index in [1.54, 1.807) is 7.11 Å². The van der Waals surface area contributed by atoms with E-state index < -0.39 is 0 Å². The standard InChI is InChI=1S/C13H16N2O/c1-16-13-7-3-2-6-11(13)12(10-14)15-8-4-5-9-15/h2-3,6-7,12H,4-5,8-9H2,1H3. The van der Waals surface area contributed by atoms with Gasteiger partial charge in [0.1, 0.15) is 11.8 Å². The molecule has 3 heteroatoms. The van der Waals surface area contributed by atoms with Gasteiger partial charge in [-0.1, -0.05) is 18.2 Å². The van der Waals surface area contributed by atoms with Gasteiger partial charge in [0.25, 0.3) is 0 Å². The zero-order chi connectivity index (χ0) is 11.4. The fourth-order valence-corrected chi connectivity index (χ4v) is 2.24. The molecule has 1 saturated heterocycles. The van der Waals surface area contributed by atoms with E-state index in [0.717, 1.165) is 24.4 Å². The average molecular weight is 216 g/mol. The third-order valence-electron chi connectivity index (χ3n) is 3.06. The van der Waals surface area contributed by atoms with Crippen LogP contribution in [-0.4, -0.2) is 25.1 Å². The Morgan fingerprint density at radius 1 is 1.31 bits per heavy atom. The van der Waals surface area contributed by atoms with E-state index in [0.29, 0.717) is 0 Å². The first-order valence-corrected chi connectivity index (χ1v) is 5.63. The Kier molecular flexibility index (Phi) is 3.43. The highest BCUT2D eigenvalue weighted by molar-refractivity contribution is 5.38. The zero-order valence-corrected chi connectivity index (χ0v) is 9.52. The van der Waals surface area contributed by atoms with Gasteiger partial charge in [-0.15, -0.1) is 0 Å². The van der Waals surface area contributed by atoms with Crippen LogP contribution >= 0.6 is 0 Å². The summed E-state index contributed by atoms with van der Waals surface area (Å²) in [4.78, 5) is 2.22. The monoisotopic (exact) mass is 216 g/mol. The number of likely N-dealkylation sites (tertiary alicyclic amines) is 1. The molecule has 84 valence electrons. The lowest BCUT2D eigenvalue weighted by Crippen LogP contribution is -2.24. The van der Waals surface area contributed by atoms with Crippen LogP contribution in [0.4, 0.5) is 0 Å². The van der Waals surface area contributed by atoms with Gasteiger partial charge in [0.05, 0.1) is 13.2 Å². The maximum absolute atomic E-state index is 9.31. The molecule has 0 spiro atoms. The fraction of sp³-hybridized carbons (Fsp3) is 0.462. The van der Waals surface area contributed by atoms with Crippen molar-refractivity contribution >= 4 is 0 Å². The van der Waals surface area contributed by atoms with Crippen molar-refractivity contribution in [3.05, 3.63) is 29.8 Å². The summed E-state index contributed by atoms with van der Waals surface area (Å²) in [7, 11) is 1.65. The maximum Gasteiger partial charge on any atom is 0.127 e. The summed E-state index contributed by atoms with van der Waals surface area (Å²) in [6.07, 6.45) is 2.38. The minimum atomic E-state index is -0.168. The minimum absolute atomic E-state index is 0.168. The van der Waals surface area contributed by atoms with Crippen LogP contribution in [0.2, 0.25) is 0 Å². The number of para-hydroxylation sites is 1. The third kappa shape index (κ3) is 2.02. The van der Waals surface area contributed by atoms with Crippen molar-refractivity contribution in [2.45, 2.75) is 18.9 Å². The van der Waals surface area contributed by atoms with Crippen molar-refractivity contribution in [3.63, 3.8) is 0 Å². The summed E-state index contributed by atoms with van der Waals surface area (Å²) in [5.74, 6) is 0.806. The molecule has 0 aliphatic carbocycles. The van der Waals surface area contributed by atoms with Gasteiger partial charge in [0.2, 0.25) is 0 Å². The molecular weight excluding hydrogens is 200 g/mol. The lowest BCUT2D eigenvalue weighted by molar-refractivity contribution is 0.286. The Hall–Kier alpha value is -1.53. The zero-order valence-electron chi connectivity index (χ0n) is 9.52. The Morgan fingerprint density at radius 3 is 2.62 bits per heavy atom. The smallest absolute Gasteiger partial charge is 0.127 e. The third-order valence-corrected chi connectivity index (χ3v) is 3.06. The molecule has 2 rings (SSSR count). The van der Waals surface area contributed by atoms with Crippen LogP contribution in [0.5, 0.6) is 5.75 Å². The van der Waals surface area contributed by atoms with Crippen LogP contribution in [0.3, 0.4) is 0 Å². The normalized spacial score (nSPS) is 18.0. The van der Waals surface area contributed by atoms with Crippen molar-refractivity contribution < 1.29 is 4.74 Å². The van der Waals surface area contributed by atoms with Crippen molar-refractivity contribution in [1.29, 1.82) is 5.26 Å². The van der Waals surface area contributed by atoms with Crippen LogP contribution < -0.4 is 4.74 Å². The molecule has 1 aliphatic rings. The number of benzene rings is 1. The molecule has 1 unspecified atom stereocenters. The van der Waals surface area contributed by atoms with Gasteiger partial charge in [-0.3, -0.25) is 4.90 Å². The quantitative estimate of drug-likeness (QED) is 0.778. The van der Waals surface area contributed by atoms with Crippen LogP contribution in [-0.2, 0) is 0 Å². The highest BCUT2D eigenvalue weighted by Gasteiger charge is 2.25. The van der Waals surface area contributed by atoms with Gasteiger partial charge in [-0.05, 0) is 32.0 Å². The van der Waals surface area contributed by atoms with E-state index >= 15 is 0 Å². The number of hydrogen-bond acceptors (Lipinski definition) is 3. The molecule has 0 radical (unpaired) electrons. The summed E-state index contributed by atoms with van der Waals surface area (Å²) in [6, 6.07) is 9.99. The number of nitriles is 1. The first-order chi connectivity index (χ1) is 7.86. The Bertz CT molecular complexity index is 391. The number of rotatable bonds is 3. The number of ether oxygens (including phenoxy) is 1. The van der Waals surface area contributed by atoms with E-state index in [-0.39, 0.29) is 6.04 Å². The van der Waals surface area contributed by atoms with E-state index in [1.165, 1.54) is 12.8 Å². The lowest BCUT2D eigenvalue weighted by atomic mass is 10.1. The number of nitrogens with zero attached hydrogens (tertiary/aromatic N) is 2. The predicted octanol–water partition coefficient (Wildman–Crippen LogP) is 2.36. The molecule has 0 saturated carbocycles. The molecule has 0 N–H and O–H groups in total. The molecule has 0 bridgehead atoms. The van der Waals surface area contributed by atoms with Crippen molar-refractivity contribution in [3.8, 4) is 11.8 Å². The highest BCUT2D eigenvalue weighted by atomic mass is 16.5.